The normalized spacial score (nSPS) is 26.2. The molecule has 0 radical (unpaired) electrons. The molecule has 6 heteroatoms. The van der Waals surface area contributed by atoms with Gasteiger partial charge in [0.1, 0.15) is 0 Å². The Morgan fingerprint density at radius 1 is 1.17 bits per heavy atom. The van der Waals surface area contributed by atoms with Gasteiger partial charge in [-0.15, -0.1) is 0 Å². The standard InChI is InChI=1S/C12H16BrNO3S/c1-9-7-14(8-10(2)17-9)18(15,16)12-5-3-11(13)4-6-12/h3-6,9-10H,7-8H2,1-2H3/t9-,10-/m1/s1. The Kier molecular flexibility index (Phi) is 4.11. The van der Waals surface area contributed by atoms with Gasteiger partial charge >= 0.3 is 0 Å². The topological polar surface area (TPSA) is 46.6 Å². The highest BCUT2D eigenvalue weighted by Gasteiger charge is 2.31. The van der Waals surface area contributed by atoms with Crippen LogP contribution in [0.1, 0.15) is 13.8 Å². The fourth-order valence-electron chi connectivity index (χ4n) is 2.08. The van der Waals surface area contributed by atoms with E-state index in [1.54, 1.807) is 24.3 Å². The first-order valence-corrected chi connectivity index (χ1v) is 8.04. The van der Waals surface area contributed by atoms with Crippen molar-refractivity contribution in [2.75, 3.05) is 13.1 Å². The number of nitrogens with zero attached hydrogens (tertiary/aromatic N) is 1. The lowest BCUT2D eigenvalue weighted by Gasteiger charge is -2.34. The van der Waals surface area contributed by atoms with Crippen molar-refractivity contribution < 1.29 is 13.2 Å². The molecule has 2 rings (SSSR count). The second kappa shape index (κ2) is 5.28. The third kappa shape index (κ3) is 2.93. The Bertz CT molecular complexity index is 505. The van der Waals surface area contributed by atoms with E-state index in [1.807, 2.05) is 13.8 Å². The van der Waals surface area contributed by atoms with Crippen LogP contribution in [0.15, 0.2) is 33.6 Å². The molecule has 1 aliphatic rings. The molecule has 0 saturated carbocycles. The number of hydrogen-bond donors (Lipinski definition) is 0. The molecular formula is C12H16BrNO3S. The van der Waals surface area contributed by atoms with E-state index in [9.17, 15) is 8.42 Å². The molecule has 1 saturated heterocycles. The van der Waals surface area contributed by atoms with Crippen LogP contribution in [0.5, 0.6) is 0 Å². The van der Waals surface area contributed by atoms with Gasteiger partial charge in [-0.3, -0.25) is 0 Å². The molecule has 1 fully saturated rings. The van der Waals surface area contributed by atoms with Crippen molar-refractivity contribution in [1.82, 2.24) is 4.31 Å². The molecule has 0 spiro atoms. The number of hydrogen-bond acceptors (Lipinski definition) is 3. The predicted molar refractivity (Wildman–Crippen MR) is 72.9 cm³/mol. The SMILES string of the molecule is C[C@@H]1CN(S(=O)(=O)c2ccc(Br)cc2)C[C@@H](C)O1. The van der Waals surface area contributed by atoms with E-state index in [0.29, 0.717) is 18.0 Å². The highest BCUT2D eigenvalue weighted by Crippen LogP contribution is 2.22. The van der Waals surface area contributed by atoms with Crippen LogP contribution in [-0.4, -0.2) is 38.0 Å². The molecular weight excluding hydrogens is 318 g/mol. The van der Waals surface area contributed by atoms with Crippen LogP contribution in [-0.2, 0) is 14.8 Å². The molecule has 0 N–H and O–H groups in total. The second-order valence-electron chi connectivity index (χ2n) is 4.53. The van der Waals surface area contributed by atoms with E-state index in [-0.39, 0.29) is 12.2 Å². The van der Waals surface area contributed by atoms with Gasteiger partial charge in [-0.05, 0) is 38.1 Å². The molecule has 1 heterocycles. The van der Waals surface area contributed by atoms with Gasteiger partial charge in [0.25, 0.3) is 0 Å². The summed E-state index contributed by atoms with van der Waals surface area (Å²) in [4.78, 5) is 0.326. The smallest absolute Gasteiger partial charge is 0.243 e. The molecule has 100 valence electrons. The first kappa shape index (κ1) is 14.0. The first-order valence-electron chi connectivity index (χ1n) is 5.81. The average Bonchev–Trinajstić information content (AvgIpc) is 2.28. The fraction of sp³-hybridized carbons (Fsp3) is 0.500. The van der Waals surface area contributed by atoms with Gasteiger partial charge in [-0.1, -0.05) is 15.9 Å². The summed E-state index contributed by atoms with van der Waals surface area (Å²) in [6.45, 7) is 4.59. The Morgan fingerprint density at radius 3 is 2.17 bits per heavy atom. The molecule has 0 bridgehead atoms. The lowest BCUT2D eigenvalue weighted by molar-refractivity contribution is -0.0440. The number of ether oxygens (including phenoxy) is 1. The summed E-state index contributed by atoms with van der Waals surface area (Å²) >= 11 is 3.30. The van der Waals surface area contributed by atoms with Gasteiger partial charge in [-0.2, -0.15) is 4.31 Å². The molecule has 1 aliphatic heterocycles. The molecule has 0 unspecified atom stereocenters. The molecule has 1 aromatic rings. The number of rotatable bonds is 2. The minimum atomic E-state index is -3.41. The Balaban J connectivity index is 2.28. The predicted octanol–water partition coefficient (Wildman–Crippen LogP) is 2.25. The van der Waals surface area contributed by atoms with Crippen molar-refractivity contribution in [3.05, 3.63) is 28.7 Å². The third-order valence-corrected chi connectivity index (χ3v) is 5.21. The highest BCUT2D eigenvalue weighted by molar-refractivity contribution is 9.10. The quantitative estimate of drug-likeness (QED) is 0.833. The van der Waals surface area contributed by atoms with E-state index in [4.69, 9.17) is 4.74 Å². The van der Waals surface area contributed by atoms with Crippen molar-refractivity contribution in [3.63, 3.8) is 0 Å². The third-order valence-electron chi connectivity index (χ3n) is 2.84. The average molecular weight is 334 g/mol. The fourth-order valence-corrected chi connectivity index (χ4v) is 3.94. The lowest BCUT2D eigenvalue weighted by atomic mass is 10.3. The van der Waals surface area contributed by atoms with Gasteiger partial charge in [0.15, 0.2) is 0 Å². The van der Waals surface area contributed by atoms with E-state index in [1.165, 1.54) is 4.31 Å². The molecule has 4 nitrogen and oxygen atoms in total. The minimum Gasteiger partial charge on any atom is -0.373 e. The van der Waals surface area contributed by atoms with Crippen molar-refractivity contribution >= 4 is 26.0 Å². The van der Waals surface area contributed by atoms with Crippen LogP contribution in [0.4, 0.5) is 0 Å². The van der Waals surface area contributed by atoms with Gasteiger partial charge < -0.3 is 4.74 Å². The zero-order valence-corrected chi connectivity index (χ0v) is 12.7. The molecule has 18 heavy (non-hydrogen) atoms. The maximum Gasteiger partial charge on any atom is 0.243 e. The Labute approximate surface area is 116 Å². The maximum atomic E-state index is 12.4. The van der Waals surface area contributed by atoms with E-state index < -0.39 is 10.0 Å². The molecule has 1 aromatic carbocycles. The van der Waals surface area contributed by atoms with E-state index in [2.05, 4.69) is 15.9 Å². The summed E-state index contributed by atoms with van der Waals surface area (Å²) in [5.74, 6) is 0. The number of morpholine rings is 1. The zero-order chi connectivity index (χ0) is 13.3. The monoisotopic (exact) mass is 333 g/mol. The number of halogens is 1. The van der Waals surface area contributed by atoms with Gasteiger partial charge in [0, 0.05) is 17.6 Å². The molecule has 0 aromatic heterocycles. The number of benzene rings is 1. The van der Waals surface area contributed by atoms with Crippen LogP contribution >= 0.6 is 15.9 Å². The van der Waals surface area contributed by atoms with Crippen molar-refractivity contribution in [3.8, 4) is 0 Å². The van der Waals surface area contributed by atoms with Gasteiger partial charge in [-0.25, -0.2) is 8.42 Å². The summed E-state index contributed by atoms with van der Waals surface area (Å²) in [5, 5.41) is 0. The molecule has 2 atom stereocenters. The summed E-state index contributed by atoms with van der Waals surface area (Å²) < 4.78 is 32.8. The van der Waals surface area contributed by atoms with E-state index in [0.717, 1.165) is 4.47 Å². The largest absolute Gasteiger partial charge is 0.373 e. The summed E-state index contributed by atoms with van der Waals surface area (Å²) in [5.41, 5.74) is 0. The maximum absolute atomic E-state index is 12.4. The van der Waals surface area contributed by atoms with Crippen LogP contribution in [0.3, 0.4) is 0 Å². The lowest BCUT2D eigenvalue weighted by Crippen LogP contribution is -2.48. The first-order chi connectivity index (χ1) is 8.39. The number of sulfonamides is 1. The van der Waals surface area contributed by atoms with Crippen LogP contribution in [0.25, 0.3) is 0 Å². The van der Waals surface area contributed by atoms with Gasteiger partial charge in [0.2, 0.25) is 10.0 Å². The van der Waals surface area contributed by atoms with Crippen molar-refractivity contribution in [2.24, 2.45) is 0 Å². The van der Waals surface area contributed by atoms with Gasteiger partial charge in [0.05, 0.1) is 17.1 Å². The van der Waals surface area contributed by atoms with Crippen LogP contribution in [0.2, 0.25) is 0 Å². The van der Waals surface area contributed by atoms with Crippen molar-refractivity contribution in [1.29, 1.82) is 0 Å². The van der Waals surface area contributed by atoms with Crippen LogP contribution in [0, 0.1) is 0 Å². The molecule has 0 amide bonds. The summed E-state index contributed by atoms with van der Waals surface area (Å²) in [7, 11) is -3.41. The summed E-state index contributed by atoms with van der Waals surface area (Å²) in [6, 6.07) is 6.70. The zero-order valence-electron chi connectivity index (χ0n) is 10.3. The summed E-state index contributed by atoms with van der Waals surface area (Å²) in [6.07, 6.45) is -0.141. The Morgan fingerprint density at radius 2 is 1.67 bits per heavy atom. The molecule has 0 aliphatic carbocycles. The van der Waals surface area contributed by atoms with E-state index >= 15 is 0 Å². The van der Waals surface area contributed by atoms with Crippen molar-refractivity contribution in [2.45, 2.75) is 31.0 Å². The Hall–Kier alpha value is -0.430. The van der Waals surface area contributed by atoms with Crippen LogP contribution < -0.4 is 0 Å². The highest BCUT2D eigenvalue weighted by atomic mass is 79.9. The second-order valence-corrected chi connectivity index (χ2v) is 7.39. The minimum absolute atomic E-state index is 0.0704.